The van der Waals surface area contributed by atoms with E-state index < -0.39 is 6.04 Å². The zero-order chi connectivity index (χ0) is 36.7. The number of aromatic nitrogens is 3. The van der Waals surface area contributed by atoms with E-state index in [2.05, 4.69) is 65.6 Å². The molecule has 0 fully saturated rings. The summed E-state index contributed by atoms with van der Waals surface area (Å²) in [7, 11) is 0. The van der Waals surface area contributed by atoms with E-state index in [1.165, 1.54) is 0 Å². The normalized spacial score (nSPS) is 13.1. The Bertz CT molecular complexity index is 3160. The molecule has 4 aromatic heterocycles. The predicted molar refractivity (Wildman–Crippen MR) is 201 cm³/mol. The molecule has 0 aliphatic heterocycles. The molecule has 0 radical (unpaired) electrons. The summed E-state index contributed by atoms with van der Waals surface area (Å²) in [5.74, 6) is 0. The molecule has 10 aromatic rings. The van der Waals surface area contributed by atoms with E-state index >= 15 is 0 Å². The minimum atomic E-state index is -0.423. The highest BCUT2D eigenvalue weighted by atomic mass is 16.3. The van der Waals surface area contributed by atoms with Crippen molar-refractivity contribution >= 4 is 54.6 Å². The Balaban J connectivity index is 1.17. The zero-order valence-electron chi connectivity index (χ0n) is 31.0. The zero-order valence-corrected chi connectivity index (χ0v) is 26.0. The maximum atomic E-state index is 8.65. The molecule has 0 aliphatic carbocycles. The van der Waals surface area contributed by atoms with E-state index in [0.717, 1.165) is 71.5 Å². The average Bonchev–Trinajstić information content (AvgIpc) is 3.60. The van der Waals surface area contributed by atoms with Gasteiger partial charge in [-0.1, -0.05) is 90.9 Å². The number of hydrogen-bond acceptors (Lipinski definition) is 4. The van der Waals surface area contributed by atoms with Gasteiger partial charge in [-0.3, -0.25) is 15.0 Å². The second-order valence-electron chi connectivity index (χ2n) is 12.1. The van der Waals surface area contributed by atoms with E-state index in [0.29, 0.717) is 22.1 Å². The summed E-state index contributed by atoms with van der Waals surface area (Å²) >= 11 is 0. The molecule has 49 heavy (non-hydrogen) atoms. The van der Waals surface area contributed by atoms with Gasteiger partial charge in [0.1, 0.15) is 11.2 Å². The number of fused-ring (bicyclic) bond motifs is 7. The number of benzene rings is 6. The maximum Gasteiger partial charge on any atom is 0.136 e. The molecule has 0 saturated carbocycles. The van der Waals surface area contributed by atoms with Crippen LogP contribution < -0.4 is 0 Å². The molecule has 6 aromatic carbocycles. The van der Waals surface area contributed by atoms with Crippen molar-refractivity contribution in [3.05, 3.63) is 164 Å². The summed E-state index contributed by atoms with van der Waals surface area (Å²) in [6.45, 7) is 0. The topological polar surface area (TPSA) is 51.8 Å². The standard InChI is InChI=1S/C45H27N3O/c1-2-8-28(9-3-1)37-13-5-15-40-42(37)39-19-18-31(26-41(39)49-40)33-23-34(25-35(24-33)38-14-4-10-29-11-6-20-46-43(29)38)36-22-32-17-16-30-12-7-21-47-44(30)45(32)48-27-36/h1-27H/i1D,2D,3D,8D,9D. The summed E-state index contributed by atoms with van der Waals surface area (Å²) in [6.07, 6.45) is 5.51. The van der Waals surface area contributed by atoms with Crippen LogP contribution in [0.4, 0.5) is 0 Å². The first-order valence-electron chi connectivity index (χ1n) is 18.5. The molecule has 4 heterocycles. The van der Waals surface area contributed by atoms with Gasteiger partial charge in [0.25, 0.3) is 0 Å². The molecule has 0 aliphatic rings. The molecule has 10 rings (SSSR count). The van der Waals surface area contributed by atoms with E-state index in [4.69, 9.17) is 21.2 Å². The van der Waals surface area contributed by atoms with Crippen molar-refractivity contribution in [3.63, 3.8) is 0 Å². The molecule has 0 saturated heterocycles. The van der Waals surface area contributed by atoms with Gasteiger partial charge in [0, 0.05) is 56.6 Å². The Morgan fingerprint density at radius 1 is 0.449 bits per heavy atom. The van der Waals surface area contributed by atoms with Gasteiger partial charge in [-0.2, -0.15) is 0 Å². The number of pyridine rings is 3. The fourth-order valence-corrected chi connectivity index (χ4v) is 6.95. The highest BCUT2D eigenvalue weighted by molar-refractivity contribution is 6.13. The molecule has 0 N–H and O–H groups in total. The van der Waals surface area contributed by atoms with Crippen LogP contribution in [0.1, 0.15) is 6.85 Å². The molecule has 0 unspecified atom stereocenters. The van der Waals surface area contributed by atoms with Crippen molar-refractivity contribution in [1.82, 2.24) is 15.0 Å². The van der Waals surface area contributed by atoms with Crippen LogP contribution in [0.3, 0.4) is 0 Å². The fourth-order valence-electron chi connectivity index (χ4n) is 6.95. The first kappa shape index (κ1) is 22.8. The average molecular weight is 631 g/mol. The van der Waals surface area contributed by atoms with Crippen LogP contribution in [0, 0.1) is 0 Å². The van der Waals surface area contributed by atoms with Crippen molar-refractivity contribution in [2.45, 2.75) is 0 Å². The predicted octanol–water partition coefficient (Wildman–Crippen LogP) is 11.9. The van der Waals surface area contributed by atoms with Crippen molar-refractivity contribution in [2.75, 3.05) is 0 Å². The van der Waals surface area contributed by atoms with Gasteiger partial charge in [0.05, 0.1) is 23.4 Å². The Labute approximate surface area is 289 Å². The van der Waals surface area contributed by atoms with Gasteiger partial charge in [-0.05, 0) is 88.0 Å². The lowest BCUT2D eigenvalue weighted by molar-refractivity contribution is 0.669. The molecule has 228 valence electrons. The SMILES string of the molecule is [2H]c1c([2H])c([2H])c(-c2cccc3oc4cc(-c5cc(-c6cnc7c(ccc8cccnc87)c6)cc(-c6cccc7cccnc67)c5)ccc4c23)c([2H])c1[2H]. The number of nitrogens with zero attached hydrogens (tertiary/aromatic N) is 3. The monoisotopic (exact) mass is 630 g/mol. The number of rotatable bonds is 4. The summed E-state index contributed by atoms with van der Waals surface area (Å²) in [6, 6.07) is 36.8. The lowest BCUT2D eigenvalue weighted by Crippen LogP contribution is -1.90. The number of hydrogen-bond donors (Lipinski definition) is 0. The van der Waals surface area contributed by atoms with Crippen molar-refractivity contribution < 1.29 is 11.3 Å². The molecule has 0 spiro atoms. The van der Waals surface area contributed by atoms with Crippen LogP contribution in [-0.2, 0) is 0 Å². The number of furan rings is 1. The third kappa shape index (κ3) is 4.57. The molecule has 0 bridgehead atoms. The molecule has 0 atom stereocenters. The molecular formula is C45H27N3O. The van der Waals surface area contributed by atoms with E-state index in [1.54, 1.807) is 18.3 Å². The van der Waals surface area contributed by atoms with Gasteiger partial charge >= 0.3 is 0 Å². The Morgan fingerprint density at radius 3 is 2.02 bits per heavy atom. The first-order valence-corrected chi connectivity index (χ1v) is 16.0. The van der Waals surface area contributed by atoms with Crippen LogP contribution in [-0.4, -0.2) is 15.0 Å². The molecular weight excluding hydrogens is 599 g/mol. The smallest absolute Gasteiger partial charge is 0.136 e. The molecule has 0 amide bonds. The third-order valence-electron chi connectivity index (χ3n) is 9.23. The summed E-state index contributed by atoms with van der Waals surface area (Å²) in [5.41, 5.74) is 10.3. The van der Waals surface area contributed by atoms with E-state index in [1.807, 2.05) is 54.9 Å². The van der Waals surface area contributed by atoms with Crippen LogP contribution in [0.2, 0.25) is 0 Å². The highest BCUT2D eigenvalue weighted by Crippen LogP contribution is 2.40. The Morgan fingerprint density at radius 2 is 1.14 bits per heavy atom. The van der Waals surface area contributed by atoms with Gasteiger partial charge in [-0.25, -0.2) is 0 Å². The molecule has 4 nitrogen and oxygen atoms in total. The quantitative estimate of drug-likeness (QED) is 0.182. The fraction of sp³-hybridized carbons (Fsp3) is 0. The van der Waals surface area contributed by atoms with Crippen molar-refractivity contribution in [1.29, 1.82) is 0 Å². The maximum absolute atomic E-state index is 8.65. The van der Waals surface area contributed by atoms with E-state index in [-0.39, 0.29) is 29.7 Å². The van der Waals surface area contributed by atoms with Crippen molar-refractivity contribution in [2.24, 2.45) is 0 Å². The van der Waals surface area contributed by atoms with E-state index in [9.17, 15) is 0 Å². The van der Waals surface area contributed by atoms with Crippen LogP contribution in [0.25, 0.3) is 99.2 Å². The highest BCUT2D eigenvalue weighted by Gasteiger charge is 2.16. The van der Waals surface area contributed by atoms with Gasteiger partial charge < -0.3 is 4.42 Å². The first-order chi connectivity index (χ1) is 26.3. The summed E-state index contributed by atoms with van der Waals surface area (Å²) in [5, 5.41) is 4.56. The Kier molecular flexibility index (Phi) is 5.10. The lowest BCUT2D eigenvalue weighted by atomic mass is 9.92. The minimum Gasteiger partial charge on any atom is -0.456 e. The third-order valence-corrected chi connectivity index (χ3v) is 9.23. The second-order valence-corrected chi connectivity index (χ2v) is 12.1. The minimum absolute atomic E-state index is 0.146. The largest absolute Gasteiger partial charge is 0.456 e. The summed E-state index contributed by atoms with van der Waals surface area (Å²) < 4.78 is 48.4. The van der Waals surface area contributed by atoms with Gasteiger partial charge in [0.2, 0.25) is 0 Å². The molecule has 4 heteroatoms. The van der Waals surface area contributed by atoms with Crippen LogP contribution in [0.5, 0.6) is 0 Å². The Hall–Kier alpha value is -6.65. The number of para-hydroxylation sites is 1. The van der Waals surface area contributed by atoms with Crippen LogP contribution in [0.15, 0.2) is 168 Å². The lowest BCUT2D eigenvalue weighted by Gasteiger charge is -2.13. The van der Waals surface area contributed by atoms with Crippen molar-refractivity contribution in [3.8, 4) is 44.5 Å². The second kappa shape index (κ2) is 11.0. The van der Waals surface area contributed by atoms with Crippen LogP contribution >= 0.6 is 0 Å². The van der Waals surface area contributed by atoms with Gasteiger partial charge in [0.15, 0.2) is 0 Å². The summed E-state index contributed by atoms with van der Waals surface area (Å²) in [4.78, 5) is 14.3. The van der Waals surface area contributed by atoms with Gasteiger partial charge in [-0.15, -0.1) is 0 Å².